The van der Waals surface area contributed by atoms with Gasteiger partial charge in [-0.15, -0.1) is 0 Å². The molecule has 0 fully saturated rings. The quantitative estimate of drug-likeness (QED) is 0.620. The minimum atomic E-state index is -3.61. The molecule has 0 atom stereocenters. The van der Waals surface area contributed by atoms with Gasteiger partial charge in [-0.05, 0) is 13.8 Å². The molecule has 9 heteroatoms. The van der Waals surface area contributed by atoms with Crippen molar-refractivity contribution >= 4 is 37.1 Å². The van der Waals surface area contributed by atoms with E-state index in [1.807, 2.05) is 0 Å². The van der Waals surface area contributed by atoms with Crippen molar-refractivity contribution in [2.75, 3.05) is 24.3 Å². The summed E-state index contributed by atoms with van der Waals surface area (Å²) in [5.41, 5.74) is 5.34. The summed E-state index contributed by atoms with van der Waals surface area (Å²) >= 11 is 4.71. The number of hydrogen-bond acceptors (Lipinski definition) is 5. The fourth-order valence-electron chi connectivity index (χ4n) is 1.31. The van der Waals surface area contributed by atoms with Crippen molar-refractivity contribution in [3.63, 3.8) is 0 Å². The number of sulfonamides is 1. The highest BCUT2D eigenvalue weighted by atomic mass is 32.2. The molecular formula is C9H20N2O4S3. The first-order valence-corrected chi connectivity index (χ1v) is 9.49. The van der Waals surface area contributed by atoms with Gasteiger partial charge in [0, 0.05) is 25.3 Å². The lowest BCUT2D eigenvalue weighted by Gasteiger charge is -2.25. The Hall–Kier alpha value is -0.250. The molecule has 0 aliphatic rings. The molecule has 0 aliphatic carbocycles. The molecule has 18 heavy (non-hydrogen) atoms. The van der Waals surface area contributed by atoms with E-state index in [1.165, 1.54) is 4.31 Å². The molecule has 108 valence electrons. The highest BCUT2D eigenvalue weighted by Gasteiger charge is 2.25. The molecule has 0 aliphatic heterocycles. The first-order chi connectivity index (χ1) is 7.96. The summed E-state index contributed by atoms with van der Waals surface area (Å²) in [5, 5.41) is 0. The number of rotatable bonds is 8. The second-order valence-electron chi connectivity index (χ2n) is 4.37. The van der Waals surface area contributed by atoms with Crippen LogP contribution in [0.1, 0.15) is 20.3 Å². The van der Waals surface area contributed by atoms with E-state index in [4.69, 9.17) is 18.0 Å². The first kappa shape index (κ1) is 17.8. The van der Waals surface area contributed by atoms with Gasteiger partial charge < -0.3 is 5.73 Å². The predicted molar refractivity (Wildman–Crippen MR) is 76.7 cm³/mol. The van der Waals surface area contributed by atoms with Crippen molar-refractivity contribution in [2.24, 2.45) is 5.73 Å². The van der Waals surface area contributed by atoms with E-state index in [2.05, 4.69) is 0 Å². The van der Waals surface area contributed by atoms with E-state index in [9.17, 15) is 16.8 Å². The lowest BCUT2D eigenvalue weighted by molar-refractivity contribution is 0.363. The molecular weight excluding hydrogens is 296 g/mol. The third kappa shape index (κ3) is 7.24. The average Bonchev–Trinajstić information content (AvgIpc) is 2.12. The highest BCUT2D eigenvalue weighted by molar-refractivity contribution is 7.93. The van der Waals surface area contributed by atoms with Gasteiger partial charge in [-0.1, -0.05) is 12.2 Å². The van der Waals surface area contributed by atoms with Crippen LogP contribution in [0.4, 0.5) is 0 Å². The Bertz CT molecular complexity index is 482. The zero-order valence-corrected chi connectivity index (χ0v) is 13.2. The van der Waals surface area contributed by atoms with E-state index in [0.29, 0.717) is 0 Å². The molecule has 0 aromatic carbocycles. The molecule has 0 saturated carbocycles. The number of nitrogens with two attached hydrogens (primary N) is 1. The maximum atomic E-state index is 12.0. The van der Waals surface area contributed by atoms with Gasteiger partial charge in [0.25, 0.3) is 0 Å². The topological polar surface area (TPSA) is 97.5 Å². The van der Waals surface area contributed by atoms with Crippen molar-refractivity contribution in [1.82, 2.24) is 4.31 Å². The van der Waals surface area contributed by atoms with Crippen LogP contribution < -0.4 is 5.73 Å². The number of thiocarbonyl (C=S) groups is 1. The standard InChI is InChI=1S/C9H20N2O4S3/c1-8(2)11(5-4-9(10)16)18(14,15)7-6-17(3,12)13/h8H,4-7H2,1-3H3,(H2,10,16). The minimum Gasteiger partial charge on any atom is -0.393 e. The molecule has 0 amide bonds. The summed E-state index contributed by atoms with van der Waals surface area (Å²) < 4.78 is 47.3. The van der Waals surface area contributed by atoms with Gasteiger partial charge in [0.15, 0.2) is 0 Å². The number of sulfone groups is 1. The Balaban J connectivity index is 4.82. The fourth-order valence-corrected chi connectivity index (χ4v) is 4.70. The van der Waals surface area contributed by atoms with Crippen LogP contribution in [-0.4, -0.2) is 56.5 Å². The van der Waals surface area contributed by atoms with Crippen LogP contribution in [0, 0.1) is 0 Å². The normalized spacial score (nSPS) is 13.2. The Morgan fingerprint density at radius 3 is 2.06 bits per heavy atom. The van der Waals surface area contributed by atoms with Crippen LogP contribution in [0.3, 0.4) is 0 Å². The maximum Gasteiger partial charge on any atom is 0.215 e. The summed E-state index contributed by atoms with van der Waals surface area (Å²) in [6.07, 6.45) is 1.29. The molecule has 0 saturated heterocycles. The molecule has 0 unspecified atom stereocenters. The number of nitrogens with zero attached hydrogens (tertiary/aromatic N) is 1. The maximum absolute atomic E-state index is 12.0. The average molecular weight is 316 g/mol. The van der Waals surface area contributed by atoms with Crippen LogP contribution in [0.15, 0.2) is 0 Å². The molecule has 0 aromatic rings. The van der Waals surface area contributed by atoms with Crippen LogP contribution >= 0.6 is 12.2 Å². The monoisotopic (exact) mass is 316 g/mol. The van der Waals surface area contributed by atoms with E-state index in [0.717, 1.165) is 6.26 Å². The Labute approximate surface area is 115 Å². The van der Waals surface area contributed by atoms with Gasteiger partial charge in [0.1, 0.15) is 9.84 Å². The summed E-state index contributed by atoms with van der Waals surface area (Å²) in [6.45, 7) is 3.62. The van der Waals surface area contributed by atoms with E-state index < -0.39 is 25.6 Å². The summed E-state index contributed by atoms with van der Waals surface area (Å²) in [5.74, 6) is -0.799. The fraction of sp³-hybridized carbons (Fsp3) is 0.889. The molecule has 0 rings (SSSR count). The van der Waals surface area contributed by atoms with Gasteiger partial charge in [-0.25, -0.2) is 16.8 Å². The summed E-state index contributed by atoms with van der Waals surface area (Å²) in [6, 6.07) is -0.260. The SMILES string of the molecule is CC(C)N(CCC(N)=S)S(=O)(=O)CCS(C)(=O)=O. The molecule has 2 N–H and O–H groups in total. The van der Waals surface area contributed by atoms with Gasteiger partial charge in [-0.3, -0.25) is 0 Å². The van der Waals surface area contributed by atoms with Crippen molar-refractivity contribution in [3.8, 4) is 0 Å². The molecule has 0 radical (unpaired) electrons. The van der Waals surface area contributed by atoms with Crippen molar-refractivity contribution in [2.45, 2.75) is 26.3 Å². The smallest absolute Gasteiger partial charge is 0.215 e. The second kappa shape index (κ2) is 6.78. The Morgan fingerprint density at radius 2 is 1.72 bits per heavy atom. The van der Waals surface area contributed by atoms with Gasteiger partial charge in [0.05, 0.1) is 16.5 Å². The molecule has 0 heterocycles. The lowest BCUT2D eigenvalue weighted by atomic mass is 10.3. The van der Waals surface area contributed by atoms with Crippen molar-refractivity contribution in [1.29, 1.82) is 0 Å². The zero-order chi connectivity index (χ0) is 14.6. The molecule has 0 spiro atoms. The second-order valence-corrected chi connectivity index (χ2v) is 9.19. The van der Waals surface area contributed by atoms with E-state index >= 15 is 0 Å². The Morgan fingerprint density at radius 1 is 1.22 bits per heavy atom. The van der Waals surface area contributed by atoms with Gasteiger partial charge in [-0.2, -0.15) is 4.31 Å². The molecule has 6 nitrogen and oxygen atoms in total. The highest BCUT2D eigenvalue weighted by Crippen LogP contribution is 2.09. The third-order valence-electron chi connectivity index (χ3n) is 2.22. The van der Waals surface area contributed by atoms with E-state index in [-0.39, 0.29) is 29.7 Å². The van der Waals surface area contributed by atoms with Crippen LogP contribution in [0.5, 0.6) is 0 Å². The van der Waals surface area contributed by atoms with Crippen LogP contribution in [0.25, 0.3) is 0 Å². The molecule has 0 bridgehead atoms. The minimum absolute atomic E-state index is 0.180. The molecule has 0 aromatic heterocycles. The van der Waals surface area contributed by atoms with Gasteiger partial charge >= 0.3 is 0 Å². The van der Waals surface area contributed by atoms with Crippen LogP contribution in [-0.2, 0) is 19.9 Å². The Kier molecular flexibility index (Phi) is 6.69. The predicted octanol–water partition coefficient (Wildman–Crippen LogP) is -0.253. The lowest BCUT2D eigenvalue weighted by Crippen LogP contribution is -2.41. The summed E-state index contributed by atoms with van der Waals surface area (Å²) in [7, 11) is -6.92. The number of hydrogen-bond donors (Lipinski definition) is 1. The summed E-state index contributed by atoms with van der Waals surface area (Å²) in [4.78, 5) is 0.235. The van der Waals surface area contributed by atoms with Gasteiger partial charge in [0.2, 0.25) is 10.0 Å². The van der Waals surface area contributed by atoms with Crippen LogP contribution in [0.2, 0.25) is 0 Å². The van der Waals surface area contributed by atoms with E-state index in [1.54, 1.807) is 13.8 Å². The third-order valence-corrected chi connectivity index (χ3v) is 5.67. The largest absolute Gasteiger partial charge is 0.393 e. The van der Waals surface area contributed by atoms with Crippen molar-refractivity contribution < 1.29 is 16.8 Å². The van der Waals surface area contributed by atoms with Crippen molar-refractivity contribution in [3.05, 3.63) is 0 Å². The zero-order valence-electron chi connectivity index (χ0n) is 10.8. The first-order valence-electron chi connectivity index (χ1n) is 5.41.